The standard InChI is InChI=1S/C23H21N3O5S3/c1-13-2-7-16-18(10-13)32-22(24-16)14-3-5-15(6-4-14)26-17-11-34(30,31)12-19(17)33-23(26)25-20(27)8-9-21(28)29/h2-7,10,17,19H,8-9,11-12H2,1H3,(H,28,29)/t17-,19-/m1/s1. The van der Waals surface area contributed by atoms with Crippen LogP contribution >= 0.6 is 23.1 Å². The number of carbonyl (C=O) groups excluding carboxylic acids is 1. The molecule has 176 valence electrons. The number of rotatable bonds is 5. The van der Waals surface area contributed by atoms with E-state index in [0.29, 0.717) is 5.17 Å². The van der Waals surface area contributed by atoms with Crippen LogP contribution in [0.1, 0.15) is 18.4 Å². The van der Waals surface area contributed by atoms with E-state index in [1.165, 1.54) is 17.3 Å². The van der Waals surface area contributed by atoms with Gasteiger partial charge in [-0.05, 0) is 48.9 Å². The summed E-state index contributed by atoms with van der Waals surface area (Å²) in [6.45, 7) is 2.05. The van der Waals surface area contributed by atoms with Crippen LogP contribution in [0.25, 0.3) is 20.8 Å². The Labute approximate surface area is 204 Å². The Bertz CT molecular complexity index is 1430. The second-order valence-corrected chi connectivity index (χ2v) is 12.8. The maximum Gasteiger partial charge on any atom is 0.303 e. The van der Waals surface area contributed by atoms with Gasteiger partial charge in [0.05, 0.1) is 34.2 Å². The summed E-state index contributed by atoms with van der Waals surface area (Å²) in [6, 6.07) is 13.5. The highest BCUT2D eigenvalue weighted by molar-refractivity contribution is 8.16. The van der Waals surface area contributed by atoms with Crippen molar-refractivity contribution in [1.29, 1.82) is 0 Å². The first kappa shape index (κ1) is 23.0. The molecule has 0 saturated carbocycles. The van der Waals surface area contributed by atoms with Crippen molar-refractivity contribution < 1.29 is 23.1 Å². The molecule has 2 fully saturated rings. The van der Waals surface area contributed by atoms with Gasteiger partial charge in [0.25, 0.3) is 0 Å². The lowest BCUT2D eigenvalue weighted by Crippen LogP contribution is -2.37. The van der Waals surface area contributed by atoms with Crippen molar-refractivity contribution in [2.75, 3.05) is 16.4 Å². The predicted molar refractivity (Wildman–Crippen MR) is 135 cm³/mol. The lowest BCUT2D eigenvalue weighted by molar-refractivity contribution is -0.138. The Morgan fingerprint density at radius 1 is 1.15 bits per heavy atom. The quantitative estimate of drug-likeness (QED) is 0.546. The number of amides is 1. The molecule has 2 atom stereocenters. The molecule has 0 radical (unpaired) electrons. The molecule has 0 spiro atoms. The maximum absolute atomic E-state index is 12.3. The molecule has 11 heteroatoms. The van der Waals surface area contributed by atoms with Crippen molar-refractivity contribution in [3.05, 3.63) is 48.0 Å². The molecule has 1 aromatic heterocycles. The van der Waals surface area contributed by atoms with Crippen molar-refractivity contribution >= 4 is 65.9 Å². The molecule has 5 rings (SSSR count). The number of hydrogen-bond donors (Lipinski definition) is 1. The van der Waals surface area contributed by atoms with Gasteiger partial charge in [0.15, 0.2) is 15.0 Å². The van der Waals surface area contributed by atoms with E-state index in [-0.39, 0.29) is 35.6 Å². The number of hydrogen-bond acceptors (Lipinski definition) is 7. The number of anilines is 1. The molecular weight excluding hydrogens is 494 g/mol. The number of sulfone groups is 1. The van der Waals surface area contributed by atoms with Crippen molar-refractivity contribution in [3.63, 3.8) is 0 Å². The summed E-state index contributed by atoms with van der Waals surface area (Å²) in [5, 5.41) is 9.93. The van der Waals surface area contributed by atoms with Crippen LogP contribution in [0.2, 0.25) is 0 Å². The minimum absolute atomic E-state index is 0.00796. The second kappa shape index (κ2) is 8.79. The summed E-state index contributed by atoms with van der Waals surface area (Å²) in [4.78, 5) is 33.7. The van der Waals surface area contributed by atoms with Crippen LogP contribution in [0, 0.1) is 6.92 Å². The largest absolute Gasteiger partial charge is 0.481 e. The first-order valence-corrected chi connectivity index (χ1v) is 14.2. The number of aliphatic carboxylic acids is 1. The Kier molecular flexibility index (Phi) is 5.95. The minimum atomic E-state index is -3.18. The normalized spacial score (nSPS) is 22.4. The number of thiazole rings is 1. The van der Waals surface area contributed by atoms with E-state index >= 15 is 0 Å². The molecule has 2 aromatic carbocycles. The smallest absolute Gasteiger partial charge is 0.303 e. The average Bonchev–Trinajstić information content (AvgIpc) is 3.41. The molecule has 1 N–H and O–H groups in total. The summed E-state index contributed by atoms with van der Waals surface area (Å²) < 4.78 is 25.6. The van der Waals surface area contributed by atoms with Gasteiger partial charge in [0.1, 0.15) is 5.01 Å². The third-order valence-corrected chi connectivity index (χ3v) is 10.1. The van der Waals surface area contributed by atoms with E-state index < -0.39 is 21.7 Å². The number of amidine groups is 1. The van der Waals surface area contributed by atoms with Gasteiger partial charge in [-0.25, -0.2) is 13.4 Å². The molecule has 0 unspecified atom stereocenters. The summed E-state index contributed by atoms with van der Waals surface area (Å²) in [6.07, 6.45) is -0.491. The second-order valence-electron chi connectivity index (χ2n) is 8.39. The predicted octanol–water partition coefficient (Wildman–Crippen LogP) is 3.74. The number of carbonyl (C=O) groups is 2. The van der Waals surface area contributed by atoms with E-state index in [1.54, 1.807) is 11.3 Å². The molecule has 8 nitrogen and oxygen atoms in total. The molecule has 2 saturated heterocycles. The van der Waals surface area contributed by atoms with Gasteiger partial charge in [-0.3, -0.25) is 9.59 Å². The number of aliphatic imine (C=N–C) groups is 1. The molecule has 0 aliphatic carbocycles. The molecule has 3 aromatic rings. The average molecular weight is 516 g/mol. The number of fused-ring (bicyclic) bond motifs is 2. The van der Waals surface area contributed by atoms with Gasteiger partial charge >= 0.3 is 5.97 Å². The third-order valence-electron chi connectivity index (χ3n) is 5.78. The monoisotopic (exact) mass is 515 g/mol. The lowest BCUT2D eigenvalue weighted by atomic mass is 10.1. The van der Waals surface area contributed by atoms with Gasteiger partial charge in [0.2, 0.25) is 5.91 Å². The SMILES string of the molecule is Cc1ccc2nc(-c3ccc(N4C(=NC(=O)CCC(=O)O)S[C@@H]5CS(=O)(=O)C[C@H]54)cc3)sc2c1. The fourth-order valence-electron chi connectivity index (χ4n) is 4.16. The topological polar surface area (TPSA) is 117 Å². The van der Waals surface area contributed by atoms with Crippen LogP contribution in [-0.2, 0) is 19.4 Å². The van der Waals surface area contributed by atoms with Crippen molar-refractivity contribution in [3.8, 4) is 10.6 Å². The summed E-state index contributed by atoms with van der Waals surface area (Å²) in [7, 11) is -3.18. The van der Waals surface area contributed by atoms with Crippen LogP contribution in [0.3, 0.4) is 0 Å². The summed E-state index contributed by atoms with van der Waals surface area (Å²) in [5.41, 5.74) is 3.80. The number of aromatic nitrogens is 1. The molecule has 2 aliphatic heterocycles. The van der Waals surface area contributed by atoms with E-state index in [2.05, 4.69) is 11.1 Å². The van der Waals surface area contributed by atoms with Crippen LogP contribution in [0.5, 0.6) is 0 Å². The molecule has 0 bridgehead atoms. The maximum atomic E-state index is 12.3. The van der Waals surface area contributed by atoms with Crippen molar-refractivity contribution in [2.45, 2.75) is 31.1 Å². The highest BCUT2D eigenvalue weighted by Gasteiger charge is 2.49. The molecular formula is C23H21N3O5S3. The Hall–Kier alpha value is -2.76. The van der Waals surface area contributed by atoms with Gasteiger partial charge in [-0.15, -0.1) is 11.3 Å². The van der Waals surface area contributed by atoms with Crippen LogP contribution in [0.4, 0.5) is 5.69 Å². The fraction of sp³-hybridized carbons (Fsp3) is 0.304. The zero-order chi connectivity index (χ0) is 24.0. The highest BCUT2D eigenvalue weighted by Crippen LogP contribution is 2.41. The highest BCUT2D eigenvalue weighted by atomic mass is 32.2. The molecule has 2 aliphatic rings. The first-order valence-electron chi connectivity index (χ1n) is 10.7. The number of benzene rings is 2. The van der Waals surface area contributed by atoms with Crippen LogP contribution in [-0.4, -0.2) is 58.3 Å². The molecule has 34 heavy (non-hydrogen) atoms. The lowest BCUT2D eigenvalue weighted by Gasteiger charge is -2.24. The van der Waals surface area contributed by atoms with Crippen molar-refractivity contribution in [2.24, 2.45) is 4.99 Å². The Balaban J connectivity index is 1.45. The van der Waals surface area contributed by atoms with Crippen LogP contribution in [0.15, 0.2) is 47.5 Å². The molecule has 3 heterocycles. The number of carboxylic acids is 1. The minimum Gasteiger partial charge on any atom is -0.481 e. The first-order chi connectivity index (χ1) is 16.2. The third kappa shape index (κ3) is 4.59. The van der Waals surface area contributed by atoms with E-state index in [4.69, 9.17) is 10.1 Å². The zero-order valence-corrected chi connectivity index (χ0v) is 20.6. The van der Waals surface area contributed by atoms with Gasteiger partial charge in [-0.2, -0.15) is 4.99 Å². The van der Waals surface area contributed by atoms with Crippen LogP contribution < -0.4 is 4.90 Å². The Morgan fingerprint density at radius 3 is 2.65 bits per heavy atom. The number of aryl methyl sites for hydroxylation is 1. The number of thioether (sulfide) groups is 1. The van der Waals surface area contributed by atoms with Gasteiger partial charge in [-0.1, -0.05) is 17.8 Å². The summed E-state index contributed by atoms with van der Waals surface area (Å²) in [5.74, 6) is -1.57. The fourth-order valence-corrected chi connectivity index (χ4v) is 9.16. The van der Waals surface area contributed by atoms with Gasteiger partial charge in [0, 0.05) is 22.9 Å². The zero-order valence-electron chi connectivity index (χ0n) is 18.2. The number of nitrogens with zero attached hydrogens (tertiary/aromatic N) is 3. The van der Waals surface area contributed by atoms with Crippen molar-refractivity contribution in [1.82, 2.24) is 4.98 Å². The van der Waals surface area contributed by atoms with Gasteiger partial charge < -0.3 is 10.0 Å². The number of carboxylic acid groups (broad SMARTS) is 1. The summed E-state index contributed by atoms with van der Waals surface area (Å²) >= 11 is 2.88. The van der Waals surface area contributed by atoms with E-state index in [0.717, 1.165) is 26.5 Å². The van der Waals surface area contributed by atoms with E-state index in [9.17, 15) is 18.0 Å². The molecule has 1 amide bonds. The Morgan fingerprint density at radius 2 is 1.91 bits per heavy atom. The van der Waals surface area contributed by atoms with E-state index in [1.807, 2.05) is 48.2 Å².